The van der Waals surface area contributed by atoms with Crippen LogP contribution < -0.4 is 0 Å². The SMILES string of the molecule is COC(=O)c1cccc(CN2CCC(n3c(CCC(=O)O)nc4ccc(C(c5ccc(Cl)cc5)c5ccc(Cl)cc5)cc43)CC2)c1. The summed E-state index contributed by atoms with van der Waals surface area (Å²) in [6.45, 7) is 2.47. The predicted molar refractivity (Wildman–Crippen MR) is 181 cm³/mol. The number of piperidine rings is 1. The van der Waals surface area contributed by atoms with Gasteiger partial charge in [-0.1, -0.05) is 65.7 Å². The number of aromatic nitrogens is 2. The molecule has 6 rings (SSSR count). The van der Waals surface area contributed by atoms with Crippen molar-refractivity contribution < 1.29 is 19.4 Å². The van der Waals surface area contributed by atoms with Crippen molar-refractivity contribution in [3.05, 3.63) is 135 Å². The molecule has 46 heavy (non-hydrogen) atoms. The maximum absolute atomic E-state index is 12.0. The molecule has 7 nitrogen and oxygen atoms in total. The quantitative estimate of drug-likeness (QED) is 0.121. The number of aryl methyl sites for hydroxylation is 1. The summed E-state index contributed by atoms with van der Waals surface area (Å²) < 4.78 is 7.18. The summed E-state index contributed by atoms with van der Waals surface area (Å²) >= 11 is 12.5. The van der Waals surface area contributed by atoms with Gasteiger partial charge in [-0.3, -0.25) is 9.69 Å². The van der Waals surface area contributed by atoms with Gasteiger partial charge in [0.05, 0.1) is 30.1 Å². The fraction of sp³-hybridized carbons (Fsp3) is 0.270. The lowest BCUT2D eigenvalue weighted by atomic mass is 9.85. The number of nitrogens with zero attached hydrogens (tertiary/aromatic N) is 3. The number of hydrogen-bond acceptors (Lipinski definition) is 5. The molecule has 5 aromatic rings. The Bertz CT molecular complexity index is 1800. The number of methoxy groups -OCH3 is 1. The molecular weight excluding hydrogens is 621 g/mol. The number of ether oxygens (including phenoxy) is 1. The van der Waals surface area contributed by atoms with Crippen molar-refractivity contribution in [3.8, 4) is 0 Å². The lowest BCUT2D eigenvalue weighted by molar-refractivity contribution is -0.137. The zero-order valence-corrected chi connectivity index (χ0v) is 27.0. The summed E-state index contributed by atoms with van der Waals surface area (Å²) in [7, 11) is 1.39. The number of likely N-dealkylation sites (tertiary alicyclic amines) is 1. The number of carbonyl (C=O) groups excluding carboxylic acids is 1. The number of aliphatic carboxylic acids is 1. The molecule has 1 N–H and O–H groups in total. The van der Waals surface area contributed by atoms with Crippen molar-refractivity contribution in [1.29, 1.82) is 0 Å². The third-order valence-corrected chi connectivity index (χ3v) is 9.27. The molecule has 0 saturated carbocycles. The zero-order valence-electron chi connectivity index (χ0n) is 25.5. The molecule has 0 radical (unpaired) electrons. The Hall–Kier alpha value is -4.17. The average Bonchev–Trinajstić information content (AvgIpc) is 3.43. The first kappa shape index (κ1) is 31.8. The second-order valence-electron chi connectivity index (χ2n) is 11.8. The van der Waals surface area contributed by atoms with Crippen molar-refractivity contribution >= 4 is 46.2 Å². The van der Waals surface area contributed by atoms with E-state index in [4.69, 9.17) is 32.9 Å². The van der Waals surface area contributed by atoms with E-state index >= 15 is 0 Å². The fourth-order valence-corrected chi connectivity index (χ4v) is 6.79. The van der Waals surface area contributed by atoms with Crippen LogP contribution in [-0.4, -0.2) is 51.7 Å². The van der Waals surface area contributed by atoms with E-state index < -0.39 is 5.97 Å². The number of carbonyl (C=O) groups is 2. The first-order valence-electron chi connectivity index (χ1n) is 15.4. The van der Waals surface area contributed by atoms with E-state index in [0.717, 1.165) is 71.6 Å². The Morgan fingerprint density at radius 1 is 0.891 bits per heavy atom. The van der Waals surface area contributed by atoms with Crippen LogP contribution in [0.1, 0.15) is 69.7 Å². The molecule has 2 heterocycles. The molecule has 9 heteroatoms. The van der Waals surface area contributed by atoms with Crippen molar-refractivity contribution in [2.45, 2.75) is 44.2 Å². The smallest absolute Gasteiger partial charge is 0.337 e. The number of hydrogen-bond donors (Lipinski definition) is 1. The second-order valence-corrected chi connectivity index (χ2v) is 12.6. The summed E-state index contributed by atoms with van der Waals surface area (Å²) in [5, 5.41) is 10.9. The highest BCUT2D eigenvalue weighted by Crippen LogP contribution is 2.37. The first-order valence-corrected chi connectivity index (χ1v) is 16.2. The number of benzene rings is 4. The van der Waals surface area contributed by atoms with Crippen LogP contribution in [0.2, 0.25) is 10.0 Å². The van der Waals surface area contributed by atoms with Crippen LogP contribution >= 0.6 is 23.2 Å². The minimum absolute atomic E-state index is 0.0176. The molecule has 1 aromatic heterocycles. The Labute approximate surface area is 278 Å². The van der Waals surface area contributed by atoms with Crippen LogP contribution in [0.5, 0.6) is 0 Å². The Balaban J connectivity index is 1.32. The maximum atomic E-state index is 12.0. The highest BCUT2D eigenvalue weighted by atomic mass is 35.5. The highest BCUT2D eigenvalue weighted by molar-refractivity contribution is 6.30. The molecule has 1 fully saturated rings. The monoisotopic (exact) mass is 655 g/mol. The number of imidazole rings is 1. The molecule has 236 valence electrons. The van der Waals surface area contributed by atoms with Gasteiger partial charge in [0.1, 0.15) is 5.82 Å². The van der Waals surface area contributed by atoms with Gasteiger partial charge in [-0.2, -0.15) is 0 Å². The van der Waals surface area contributed by atoms with Crippen LogP contribution in [0, 0.1) is 0 Å². The molecule has 1 aliphatic rings. The van der Waals surface area contributed by atoms with Crippen LogP contribution in [0.4, 0.5) is 0 Å². The number of carboxylic acids is 1. The van der Waals surface area contributed by atoms with E-state index in [0.29, 0.717) is 22.0 Å². The number of carboxylic acid groups (broad SMARTS) is 1. The van der Waals surface area contributed by atoms with E-state index in [9.17, 15) is 14.7 Å². The summed E-state index contributed by atoms with van der Waals surface area (Å²) in [6.07, 6.45) is 2.16. The molecule has 0 amide bonds. The van der Waals surface area contributed by atoms with Gasteiger partial charge < -0.3 is 14.4 Å². The summed E-state index contributed by atoms with van der Waals surface area (Å²) in [4.78, 5) is 31.0. The van der Waals surface area contributed by atoms with Gasteiger partial charge in [0.25, 0.3) is 0 Å². The lowest BCUT2D eigenvalue weighted by Gasteiger charge is -2.34. The number of rotatable bonds is 10. The van der Waals surface area contributed by atoms with Crippen LogP contribution in [-0.2, 0) is 22.5 Å². The molecule has 1 saturated heterocycles. The highest BCUT2D eigenvalue weighted by Gasteiger charge is 2.26. The van der Waals surface area contributed by atoms with Crippen LogP contribution in [0.3, 0.4) is 0 Å². The molecule has 4 aromatic carbocycles. The van der Waals surface area contributed by atoms with Crippen molar-refractivity contribution in [1.82, 2.24) is 14.5 Å². The third-order valence-electron chi connectivity index (χ3n) is 8.77. The van der Waals surface area contributed by atoms with Gasteiger partial charge in [-0.15, -0.1) is 0 Å². The molecule has 0 bridgehead atoms. The van der Waals surface area contributed by atoms with Crippen molar-refractivity contribution in [2.24, 2.45) is 0 Å². The van der Waals surface area contributed by atoms with Crippen molar-refractivity contribution in [2.75, 3.05) is 20.2 Å². The van der Waals surface area contributed by atoms with Gasteiger partial charge in [0.2, 0.25) is 0 Å². The first-order chi connectivity index (χ1) is 22.3. The number of halogens is 2. The average molecular weight is 657 g/mol. The second kappa shape index (κ2) is 14.1. The van der Waals surface area contributed by atoms with Gasteiger partial charge in [0, 0.05) is 48.1 Å². The standard InChI is InChI=1S/C37H35Cl2N3O4/c1-46-37(45)28-4-2-3-24(21-28)23-41-19-17-31(18-20-41)42-33-22-27(9-14-32(33)40-34(42)15-16-35(43)44)36(25-5-10-29(38)11-6-25)26-7-12-30(39)13-8-26/h2-14,21-22,31,36H,15-20,23H2,1H3,(H,43,44). The Morgan fingerprint density at radius 2 is 1.52 bits per heavy atom. The summed E-state index contributed by atoms with van der Waals surface area (Å²) in [5.41, 5.74) is 6.80. The maximum Gasteiger partial charge on any atom is 0.337 e. The predicted octanol–water partition coefficient (Wildman–Crippen LogP) is 8.16. The molecule has 1 aliphatic heterocycles. The van der Waals surface area contributed by atoms with E-state index in [1.165, 1.54) is 7.11 Å². The Morgan fingerprint density at radius 3 is 2.13 bits per heavy atom. The summed E-state index contributed by atoms with van der Waals surface area (Å²) in [5.74, 6) is -0.440. The minimum atomic E-state index is -0.839. The third kappa shape index (κ3) is 7.12. The van der Waals surface area contributed by atoms with Crippen LogP contribution in [0.15, 0.2) is 91.0 Å². The van der Waals surface area contributed by atoms with Crippen molar-refractivity contribution in [3.63, 3.8) is 0 Å². The zero-order chi connectivity index (χ0) is 32.2. The molecule has 0 unspecified atom stereocenters. The lowest BCUT2D eigenvalue weighted by Crippen LogP contribution is -2.34. The largest absolute Gasteiger partial charge is 0.481 e. The molecular formula is C37H35Cl2N3O4. The molecule has 0 aliphatic carbocycles. The van der Waals surface area contributed by atoms with Gasteiger partial charge in [-0.05, 0) is 83.6 Å². The van der Waals surface area contributed by atoms with Gasteiger partial charge in [-0.25, -0.2) is 9.78 Å². The number of fused-ring (bicyclic) bond motifs is 1. The van der Waals surface area contributed by atoms with Gasteiger partial charge >= 0.3 is 11.9 Å². The topological polar surface area (TPSA) is 84.7 Å². The fourth-order valence-electron chi connectivity index (χ4n) is 6.54. The van der Waals surface area contributed by atoms with E-state index in [2.05, 4.69) is 45.9 Å². The normalized spacial score (nSPS) is 14.2. The minimum Gasteiger partial charge on any atom is -0.481 e. The van der Waals surface area contributed by atoms with E-state index in [-0.39, 0.29) is 24.3 Å². The Kier molecular flexibility index (Phi) is 9.73. The van der Waals surface area contributed by atoms with E-state index in [1.54, 1.807) is 6.07 Å². The molecule has 0 spiro atoms. The van der Waals surface area contributed by atoms with Gasteiger partial charge in [0.15, 0.2) is 0 Å². The summed E-state index contributed by atoms with van der Waals surface area (Å²) in [6, 6.07) is 30.0. The van der Waals surface area contributed by atoms with E-state index in [1.807, 2.05) is 48.5 Å². The molecule has 0 atom stereocenters. The number of esters is 1. The van der Waals surface area contributed by atoms with Crippen LogP contribution in [0.25, 0.3) is 11.0 Å².